The summed E-state index contributed by atoms with van der Waals surface area (Å²) >= 11 is 6.58. The van der Waals surface area contributed by atoms with Crippen LogP contribution in [-0.4, -0.2) is 49.9 Å². The molecule has 1 N–H and O–H groups in total. The Morgan fingerprint density at radius 3 is 2.58 bits per heavy atom. The molecule has 200 valence electrons. The molecule has 10 heteroatoms. The van der Waals surface area contributed by atoms with Gasteiger partial charge in [-0.15, -0.1) is 0 Å². The fourth-order valence-electron chi connectivity index (χ4n) is 6.22. The van der Waals surface area contributed by atoms with Crippen molar-refractivity contribution in [2.75, 3.05) is 6.61 Å². The van der Waals surface area contributed by atoms with E-state index in [9.17, 15) is 9.59 Å². The second kappa shape index (κ2) is 9.85. The maximum absolute atomic E-state index is 14.6. The number of amides is 2. The van der Waals surface area contributed by atoms with Crippen LogP contribution in [0.4, 0.5) is 0 Å². The Morgan fingerprint density at radius 1 is 1.18 bits per heavy atom. The summed E-state index contributed by atoms with van der Waals surface area (Å²) in [5.41, 5.74) is 3.75. The maximum atomic E-state index is 14.6. The van der Waals surface area contributed by atoms with Gasteiger partial charge < -0.3 is 23.9 Å². The van der Waals surface area contributed by atoms with E-state index >= 15 is 0 Å². The molecular weight excluding hydrogens is 506 g/mol. The monoisotopic (exact) mass is 537 g/mol. The van der Waals surface area contributed by atoms with Gasteiger partial charge in [-0.25, -0.2) is 9.97 Å². The van der Waals surface area contributed by atoms with Crippen molar-refractivity contribution in [2.45, 2.75) is 71.3 Å². The molecule has 6 rings (SSSR count). The maximum Gasteiger partial charge on any atom is 0.247 e. The van der Waals surface area contributed by atoms with Crippen LogP contribution in [0.5, 0.6) is 0 Å². The number of hydrogen-bond acceptors (Lipinski definition) is 6. The Morgan fingerprint density at radius 2 is 1.92 bits per heavy atom. The highest BCUT2D eigenvalue weighted by Crippen LogP contribution is 2.39. The number of nitrogens with one attached hydrogen (secondary N) is 1. The van der Waals surface area contributed by atoms with Crippen molar-refractivity contribution in [1.29, 1.82) is 0 Å². The van der Waals surface area contributed by atoms with E-state index in [1.54, 1.807) is 18.1 Å². The van der Waals surface area contributed by atoms with Crippen LogP contribution < -0.4 is 5.32 Å². The quantitative estimate of drug-likeness (QED) is 0.515. The first-order valence-electron chi connectivity index (χ1n) is 13.3. The third-order valence-corrected chi connectivity index (χ3v) is 8.62. The number of carbonyl (C=O) groups excluding carboxylic acids is 2. The summed E-state index contributed by atoms with van der Waals surface area (Å²) in [6.07, 6.45) is 3.76. The summed E-state index contributed by atoms with van der Waals surface area (Å²) in [4.78, 5) is 39.5. The van der Waals surface area contributed by atoms with E-state index in [4.69, 9.17) is 25.7 Å². The lowest BCUT2D eigenvalue weighted by Crippen LogP contribution is -2.67. The van der Waals surface area contributed by atoms with Crippen molar-refractivity contribution in [3.8, 4) is 0 Å². The molecule has 0 bridgehead atoms. The number of aryl methyl sites for hydroxylation is 1. The van der Waals surface area contributed by atoms with Crippen LogP contribution in [0.25, 0.3) is 0 Å². The molecule has 4 heterocycles. The molecule has 1 aromatic carbocycles. The lowest BCUT2D eigenvalue weighted by Gasteiger charge is -2.46. The van der Waals surface area contributed by atoms with Gasteiger partial charge in [0, 0.05) is 13.5 Å². The standard InChI is InChI=1S/C28H32ClN5O4/c1-4-15(2)23-27(35)31-22(19-11-17-7-5-6-8-18(17)12-19)28(36)34(23)24(20-13-38-16(3)30-20)26-32-25(29)21-14-37-10-9-33(21)26/h5-8,13,15,19,22-24H,4,9-12,14H2,1-3H3,(H,31,35)/t15-,22+,23+,24-/m0/s1. The number of nitrogens with zero attached hydrogens (tertiary/aromatic N) is 4. The molecule has 0 radical (unpaired) electrons. The minimum Gasteiger partial charge on any atom is -0.449 e. The van der Waals surface area contributed by atoms with E-state index in [1.807, 2.05) is 30.5 Å². The largest absolute Gasteiger partial charge is 0.449 e. The minimum absolute atomic E-state index is 0.0323. The lowest BCUT2D eigenvalue weighted by molar-refractivity contribution is -0.155. The van der Waals surface area contributed by atoms with Gasteiger partial charge >= 0.3 is 0 Å². The van der Waals surface area contributed by atoms with Gasteiger partial charge in [0.1, 0.15) is 35.9 Å². The zero-order valence-electron chi connectivity index (χ0n) is 21.8. The van der Waals surface area contributed by atoms with E-state index in [0.717, 1.165) is 25.0 Å². The number of benzene rings is 1. The molecule has 0 spiro atoms. The van der Waals surface area contributed by atoms with Crippen LogP contribution in [0.15, 0.2) is 34.9 Å². The Bertz CT molecular complexity index is 1360. The number of aromatic nitrogens is 3. The number of imidazole rings is 1. The van der Waals surface area contributed by atoms with Gasteiger partial charge in [-0.2, -0.15) is 0 Å². The van der Waals surface area contributed by atoms with Gasteiger partial charge in [-0.3, -0.25) is 9.59 Å². The molecule has 3 aliphatic rings. The van der Waals surface area contributed by atoms with E-state index in [-0.39, 0.29) is 23.7 Å². The fourth-order valence-corrected chi connectivity index (χ4v) is 6.46. The molecule has 1 aliphatic carbocycles. The van der Waals surface area contributed by atoms with Crippen molar-refractivity contribution >= 4 is 23.4 Å². The molecule has 3 aromatic rings. The van der Waals surface area contributed by atoms with Gasteiger partial charge in [0.25, 0.3) is 0 Å². The van der Waals surface area contributed by atoms with Crippen LogP contribution in [0, 0.1) is 18.8 Å². The van der Waals surface area contributed by atoms with Crippen LogP contribution in [0.3, 0.4) is 0 Å². The summed E-state index contributed by atoms with van der Waals surface area (Å²) in [6, 6.07) is 6.16. The summed E-state index contributed by atoms with van der Waals surface area (Å²) in [5, 5.41) is 3.46. The van der Waals surface area contributed by atoms with Crippen molar-refractivity contribution in [3.63, 3.8) is 0 Å². The Balaban J connectivity index is 1.47. The predicted molar refractivity (Wildman–Crippen MR) is 139 cm³/mol. The number of hydrogen-bond donors (Lipinski definition) is 1. The second-order valence-corrected chi connectivity index (χ2v) is 11.0. The molecule has 4 atom stereocenters. The average molecular weight is 538 g/mol. The van der Waals surface area contributed by atoms with Gasteiger partial charge in [-0.1, -0.05) is 56.1 Å². The number of fused-ring (bicyclic) bond motifs is 2. The molecule has 0 unspecified atom stereocenters. The molecule has 2 amide bonds. The van der Waals surface area contributed by atoms with Crippen molar-refractivity contribution < 1.29 is 18.7 Å². The first-order chi connectivity index (χ1) is 18.4. The number of rotatable bonds is 6. The second-order valence-electron chi connectivity index (χ2n) is 10.6. The van der Waals surface area contributed by atoms with E-state index in [0.29, 0.717) is 42.3 Å². The summed E-state index contributed by atoms with van der Waals surface area (Å²) in [7, 11) is 0. The Kier molecular flexibility index (Phi) is 6.52. The molecule has 1 fully saturated rings. The summed E-state index contributed by atoms with van der Waals surface area (Å²) in [5.74, 6) is 0.651. The SMILES string of the molecule is CC[C@H](C)[C@@H]1C(=O)N[C@H](C2Cc3ccccc3C2)C(=O)N1[C@@H](c1coc(C)n1)c1nc(Cl)c2n1CCOC2. The number of carbonyl (C=O) groups is 2. The van der Waals surface area contributed by atoms with E-state index < -0.39 is 18.1 Å². The van der Waals surface area contributed by atoms with Crippen molar-refractivity contribution in [3.05, 3.63) is 69.9 Å². The molecule has 0 saturated carbocycles. The Hall–Kier alpha value is -3.17. The van der Waals surface area contributed by atoms with Crippen LogP contribution in [-0.2, 0) is 40.3 Å². The van der Waals surface area contributed by atoms with Crippen molar-refractivity contribution in [2.24, 2.45) is 11.8 Å². The van der Waals surface area contributed by atoms with Gasteiger partial charge in [-0.05, 0) is 35.8 Å². The highest BCUT2D eigenvalue weighted by atomic mass is 35.5. The fraction of sp³-hybridized carbons (Fsp3) is 0.500. The number of oxazole rings is 1. The lowest BCUT2D eigenvalue weighted by atomic mass is 9.86. The first kappa shape index (κ1) is 25.1. The van der Waals surface area contributed by atoms with Crippen LogP contribution in [0.1, 0.15) is 60.5 Å². The number of piperazine rings is 1. The number of halogens is 1. The zero-order chi connectivity index (χ0) is 26.6. The molecule has 2 aliphatic heterocycles. The van der Waals surface area contributed by atoms with Gasteiger partial charge in [0.05, 0.1) is 18.9 Å². The highest BCUT2D eigenvalue weighted by molar-refractivity contribution is 6.30. The smallest absolute Gasteiger partial charge is 0.247 e. The molecular formula is C28H32ClN5O4. The topological polar surface area (TPSA) is 102 Å². The van der Waals surface area contributed by atoms with Crippen LogP contribution >= 0.6 is 11.6 Å². The predicted octanol–water partition coefficient (Wildman–Crippen LogP) is 3.61. The molecule has 38 heavy (non-hydrogen) atoms. The average Bonchev–Trinajstić information content (AvgIpc) is 3.63. The summed E-state index contributed by atoms with van der Waals surface area (Å²) in [6.45, 7) is 7.18. The van der Waals surface area contributed by atoms with E-state index in [1.165, 1.54) is 11.1 Å². The van der Waals surface area contributed by atoms with Gasteiger partial charge in [0.2, 0.25) is 11.8 Å². The third-order valence-electron chi connectivity index (χ3n) is 8.31. The molecule has 9 nitrogen and oxygen atoms in total. The zero-order valence-corrected chi connectivity index (χ0v) is 22.6. The number of ether oxygens (including phenoxy) is 1. The first-order valence-corrected chi connectivity index (χ1v) is 13.7. The molecule has 2 aromatic heterocycles. The minimum atomic E-state index is -0.736. The third kappa shape index (κ3) is 4.12. The summed E-state index contributed by atoms with van der Waals surface area (Å²) < 4.78 is 13.3. The normalized spacial score (nSPS) is 23.2. The van der Waals surface area contributed by atoms with Gasteiger partial charge in [0.15, 0.2) is 11.0 Å². The van der Waals surface area contributed by atoms with Crippen LogP contribution in [0.2, 0.25) is 5.15 Å². The molecule has 1 saturated heterocycles. The Labute approximate surface area is 226 Å². The van der Waals surface area contributed by atoms with E-state index in [2.05, 4.69) is 22.4 Å². The van der Waals surface area contributed by atoms with Crippen molar-refractivity contribution in [1.82, 2.24) is 24.8 Å². The highest BCUT2D eigenvalue weighted by Gasteiger charge is 2.51.